The molecule has 1 aromatic heterocycles. The first kappa shape index (κ1) is 12.2. The van der Waals surface area contributed by atoms with Gasteiger partial charge in [0.05, 0.1) is 6.54 Å². The van der Waals surface area contributed by atoms with Crippen LogP contribution < -0.4 is 5.73 Å². The summed E-state index contributed by atoms with van der Waals surface area (Å²) in [4.78, 5) is 0. The van der Waals surface area contributed by atoms with Gasteiger partial charge in [0.1, 0.15) is 4.21 Å². The molecule has 0 amide bonds. The van der Waals surface area contributed by atoms with Gasteiger partial charge in [-0.3, -0.25) is 0 Å². The van der Waals surface area contributed by atoms with E-state index in [0.29, 0.717) is 6.54 Å². The van der Waals surface area contributed by atoms with Crippen molar-refractivity contribution in [1.29, 1.82) is 0 Å². The van der Waals surface area contributed by atoms with Crippen LogP contribution in [-0.4, -0.2) is 26.3 Å². The van der Waals surface area contributed by atoms with Gasteiger partial charge in [0.15, 0.2) is 0 Å². The van der Waals surface area contributed by atoms with Crippen LogP contribution in [0.3, 0.4) is 0 Å². The van der Waals surface area contributed by atoms with Gasteiger partial charge in [0.25, 0.3) is 10.0 Å². The van der Waals surface area contributed by atoms with Crippen LogP contribution in [0.15, 0.2) is 15.7 Å². The van der Waals surface area contributed by atoms with E-state index in [0.717, 1.165) is 21.2 Å². The van der Waals surface area contributed by atoms with Crippen molar-refractivity contribution in [2.75, 3.05) is 13.6 Å². The van der Waals surface area contributed by atoms with Crippen molar-refractivity contribution in [3.63, 3.8) is 0 Å². The van der Waals surface area contributed by atoms with Gasteiger partial charge in [-0.15, -0.1) is 17.8 Å². The Bertz CT molecular complexity index is 471. The van der Waals surface area contributed by atoms with E-state index >= 15 is 0 Å². The minimum atomic E-state index is -3.44. The van der Waals surface area contributed by atoms with Crippen molar-refractivity contribution in [3.8, 4) is 12.3 Å². The third-order valence-corrected chi connectivity index (χ3v) is 5.11. The molecule has 0 spiro atoms. The van der Waals surface area contributed by atoms with Crippen molar-refractivity contribution in [3.05, 3.63) is 17.0 Å². The Morgan fingerprint density at radius 3 is 2.80 bits per heavy atom. The maximum atomic E-state index is 11.9. The number of sulfonamides is 1. The van der Waals surface area contributed by atoms with Crippen LogP contribution >= 0.6 is 11.3 Å². The molecule has 1 heterocycles. The molecule has 0 saturated heterocycles. The van der Waals surface area contributed by atoms with Gasteiger partial charge in [0.2, 0.25) is 0 Å². The van der Waals surface area contributed by atoms with Crippen molar-refractivity contribution in [2.45, 2.75) is 10.8 Å². The van der Waals surface area contributed by atoms with Crippen molar-refractivity contribution >= 4 is 21.4 Å². The maximum Gasteiger partial charge on any atom is 0.253 e. The zero-order valence-electron chi connectivity index (χ0n) is 8.30. The molecule has 4 nitrogen and oxygen atoms in total. The number of terminal acetylenes is 1. The largest absolute Gasteiger partial charge is 0.326 e. The summed E-state index contributed by atoms with van der Waals surface area (Å²) in [6, 6.07) is 1.58. The molecule has 0 aliphatic heterocycles. The fourth-order valence-corrected chi connectivity index (χ4v) is 3.48. The predicted octanol–water partition coefficient (Wildman–Crippen LogP) is 0.461. The van der Waals surface area contributed by atoms with Gasteiger partial charge in [-0.05, 0) is 17.0 Å². The predicted molar refractivity (Wildman–Crippen MR) is 60.9 cm³/mol. The molecule has 0 aliphatic rings. The third kappa shape index (κ3) is 2.58. The van der Waals surface area contributed by atoms with E-state index in [1.54, 1.807) is 11.4 Å². The molecule has 0 bridgehead atoms. The average Bonchev–Trinajstić information content (AvgIpc) is 2.66. The molecular formula is C9H12N2O2S2. The highest BCUT2D eigenvalue weighted by atomic mass is 32.2. The highest BCUT2D eigenvalue weighted by molar-refractivity contribution is 7.91. The Labute approximate surface area is 93.8 Å². The van der Waals surface area contributed by atoms with Crippen molar-refractivity contribution < 1.29 is 8.42 Å². The second kappa shape index (κ2) is 4.77. The van der Waals surface area contributed by atoms with Gasteiger partial charge in [0, 0.05) is 13.6 Å². The lowest BCUT2D eigenvalue weighted by Gasteiger charge is -2.11. The fourth-order valence-electron chi connectivity index (χ4n) is 0.963. The lowest BCUT2D eigenvalue weighted by atomic mass is 10.4. The van der Waals surface area contributed by atoms with Crippen LogP contribution in [0.2, 0.25) is 0 Å². The molecule has 0 aromatic carbocycles. The van der Waals surface area contributed by atoms with E-state index in [-0.39, 0.29) is 10.8 Å². The molecule has 0 atom stereocenters. The van der Waals surface area contributed by atoms with Gasteiger partial charge < -0.3 is 5.73 Å². The molecule has 15 heavy (non-hydrogen) atoms. The van der Waals surface area contributed by atoms with Gasteiger partial charge in [-0.25, -0.2) is 8.42 Å². The summed E-state index contributed by atoms with van der Waals surface area (Å²) in [6.45, 7) is 0.406. The SMILES string of the molecule is C#CCN(C)S(=O)(=O)c1cc(CN)cs1. The quantitative estimate of drug-likeness (QED) is 0.783. The summed E-state index contributed by atoms with van der Waals surface area (Å²) in [5.41, 5.74) is 6.22. The van der Waals surface area contributed by atoms with E-state index in [9.17, 15) is 8.42 Å². The van der Waals surface area contributed by atoms with Crippen LogP contribution in [0.5, 0.6) is 0 Å². The Balaban J connectivity index is 3.01. The number of thiophene rings is 1. The normalized spacial score (nSPS) is 11.6. The molecule has 1 rings (SSSR count). The first-order valence-electron chi connectivity index (χ1n) is 4.19. The smallest absolute Gasteiger partial charge is 0.253 e. The zero-order valence-corrected chi connectivity index (χ0v) is 9.94. The minimum absolute atomic E-state index is 0.0677. The highest BCUT2D eigenvalue weighted by Gasteiger charge is 2.21. The van der Waals surface area contributed by atoms with Crippen LogP contribution in [0.1, 0.15) is 5.56 Å². The Morgan fingerprint density at radius 1 is 1.67 bits per heavy atom. The number of rotatable bonds is 4. The fraction of sp³-hybridized carbons (Fsp3) is 0.333. The summed E-state index contributed by atoms with van der Waals surface area (Å²) in [5, 5.41) is 1.73. The summed E-state index contributed by atoms with van der Waals surface area (Å²) >= 11 is 1.16. The number of hydrogen-bond acceptors (Lipinski definition) is 4. The minimum Gasteiger partial charge on any atom is -0.326 e. The van der Waals surface area contributed by atoms with E-state index in [1.807, 2.05) is 0 Å². The van der Waals surface area contributed by atoms with Crippen LogP contribution in [0, 0.1) is 12.3 Å². The topological polar surface area (TPSA) is 63.4 Å². The first-order chi connectivity index (χ1) is 7.02. The zero-order chi connectivity index (χ0) is 11.5. The summed E-state index contributed by atoms with van der Waals surface area (Å²) in [7, 11) is -1.98. The molecule has 1 aromatic rings. The second-order valence-corrected chi connectivity index (χ2v) is 6.13. The van der Waals surface area contributed by atoms with E-state index in [2.05, 4.69) is 5.92 Å². The van der Waals surface area contributed by atoms with Crippen LogP contribution in [0.25, 0.3) is 0 Å². The van der Waals surface area contributed by atoms with Gasteiger partial charge >= 0.3 is 0 Å². The molecule has 0 aliphatic carbocycles. The number of nitrogens with two attached hydrogens (primary N) is 1. The number of hydrogen-bond donors (Lipinski definition) is 1. The van der Waals surface area contributed by atoms with Gasteiger partial charge in [-0.2, -0.15) is 4.31 Å². The van der Waals surface area contributed by atoms with Crippen molar-refractivity contribution in [2.24, 2.45) is 5.73 Å². The van der Waals surface area contributed by atoms with E-state index in [4.69, 9.17) is 12.2 Å². The molecule has 6 heteroatoms. The lowest BCUT2D eigenvalue weighted by Crippen LogP contribution is -2.26. The summed E-state index contributed by atoms with van der Waals surface area (Å²) in [5.74, 6) is 2.29. The van der Waals surface area contributed by atoms with Gasteiger partial charge in [-0.1, -0.05) is 5.92 Å². The molecule has 0 radical (unpaired) electrons. The van der Waals surface area contributed by atoms with Crippen molar-refractivity contribution in [1.82, 2.24) is 4.31 Å². The Morgan fingerprint density at radius 2 is 2.33 bits per heavy atom. The average molecular weight is 244 g/mol. The molecule has 0 saturated carbocycles. The third-order valence-electron chi connectivity index (χ3n) is 1.84. The number of nitrogens with zero attached hydrogens (tertiary/aromatic N) is 1. The highest BCUT2D eigenvalue weighted by Crippen LogP contribution is 2.22. The summed E-state index contributed by atoms with van der Waals surface area (Å²) in [6.07, 6.45) is 5.06. The lowest BCUT2D eigenvalue weighted by molar-refractivity contribution is 0.505. The van der Waals surface area contributed by atoms with E-state index < -0.39 is 10.0 Å². The molecule has 0 fully saturated rings. The first-order valence-corrected chi connectivity index (χ1v) is 6.51. The molecule has 2 N–H and O–H groups in total. The Kier molecular flexibility index (Phi) is 3.88. The second-order valence-electron chi connectivity index (χ2n) is 2.94. The van der Waals surface area contributed by atoms with Crippen LogP contribution in [0.4, 0.5) is 0 Å². The summed E-state index contributed by atoms with van der Waals surface area (Å²) < 4.78 is 25.1. The maximum absolute atomic E-state index is 11.9. The standard InChI is InChI=1S/C9H12N2O2S2/c1-3-4-11(2)15(12,13)9-5-8(6-10)7-14-9/h1,5,7H,4,6,10H2,2H3. The monoisotopic (exact) mass is 244 g/mol. The Hall–Kier alpha value is -0.870. The van der Waals surface area contributed by atoms with Crippen LogP contribution in [-0.2, 0) is 16.6 Å². The van der Waals surface area contributed by atoms with E-state index in [1.165, 1.54) is 7.05 Å². The molecule has 82 valence electrons. The molecular weight excluding hydrogens is 232 g/mol. The molecule has 0 unspecified atom stereocenters.